The van der Waals surface area contributed by atoms with Gasteiger partial charge in [-0.2, -0.15) is 0 Å². The van der Waals surface area contributed by atoms with Gasteiger partial charge in [0.05, 0.1) is 11.7 Å². The highest BCUT2D eigenvalue weighted by atomic mass is 19.1. The van der Waals surface area contributed by atoms with Crippen LogP contribution >= 0.6 is 0 Å². The topological polar surface area (TPSA) is 40.5 Å². The lowest BCUT2D eigenvalue weighted by Gasteiger charge is -2.62. The molecule has 4 aliphatic carbocycles. The van der Waals surface area contributed by atoms with Gasteiger partial charge in [0.1, 0.15) is 6.17 Å². The Balaban J connectivity index is 1.46. The number of aliphatic hydroxyl groups is 2. The van der Waals surface area contributed by atoms with Gasteiger partial charge in [-0.05, 0) is 123 Å². The van der Waals surface area contributed by atoms with E-state index in [1.54, 1.807) is 0 Å². The van der Waals surface area contributed by atoms with Gasteiger partial charge in [0.2, 0.25) is 0 Å². The zero-order chi connectivity index (χ0) is 22.6. The van der Waals surface area contributed by atoms with Gasteiger partial charge in [-0.15, -0.1) is 0 Å². The molecule has 31 heavy (non-hydrogen) atoms. The lowest BCUT2D eigenvalue weighted by Crippen LogP contribution is -2.56. The molecule has 10 atom stereocenters. The SMILES string of the molecule is CC[C@]1(O)CC[C@@]2(C)[C@@H](CC[C@@H]3[C@@H]2CC[C@]2(C)[C@@H]([C@H](F)CC[C@@H](O)C(C)C)CC[C@@H]32)C1. The fourth-order valence-corrected chi connectivity index (χ4v) is 9.14. The average Bonchev–Trinajstić information content (AvgIpc) is 3.09. The summed E-state index contributed by atoms with van der Waals surface area (Å²) in [6.07, 6.45) is 11.2. The van der Waals surface area contributed by atoms with Crippen molar-refractivity contribution in [3.63, 3.8) is 0 Å². The van der Waals surface area contributed by atoms with Crippen molar-refractivity contribution in [2.24, 2.45) is 46.3 Å². The molecule has 4 saturated carbocycles. The second-order valence-corrected chi connectivity index (χ2v) is 13.1. The van der Waals surface area contributed by atoms with E-state index in [-0.39, 0.29) is 23.4 Å². The first-order valence-electron chi connectivity index (χ1n) is 13.6. The van der Waals surface area contributed by atoms with Crippen molar-refractivity contribution in [3.8, 4) is 0 Å². The first kappa shape index (κ1) is 24.0. The van der Waals surface area contributed by atoms with Crippen LogP contribution in [0.5, 0.6) is 0 Å². The highest BCUT2D eigenvalue weighted by Gasteiger charge is 2.61. The van der Waals surface area contributed by atoms with E-state index in [2.05, 4.69) is 20.8 Å². The molecule has 0 aromatic carbocycles. The van der Waals surface area contributed by atoms with Crippen LogP contribution in [0.25, 0.3) is 0 Å². The van der Waals surface area contributed by atoms with E-state index in [1.807, 2.05) is 13.8 Å². The molecular weight excluding hydrogens is 387 g/mol. The molecule has 0 aliphatic heterocycles. The molecule has 0 aromatic rings. The third kappa shape index (κ3) is 4.02. The Kier molecular flexibility index (Phi) is 6.63. The van der Waals surface area contributed by atoms with Crippen molar-refractivity contribution < 1.29 is 14.6 Å². The second-order valence-electron chi connectivity index (χ2n) is 13.1. The molecule has 0 heterocycles. The van der Waals surface area contributed by atoms with E-state index in [0.717, 1.165) is 37.5 Å². The Morgan fingerprint density at radius 3 is 2.29 bits per heavy atom. The molecule has 3 heteroatoms. The molecule has 0 bridgehead atoms. The number of rotatable bonds is 6. The van der Waals surface area contributed by atoms with Gasteiger partial charge < -0.3 is 10.2 Å². The average molecular weight is 437 g/mol. The van der Waals surface area contributed by atoms with Crippen LogP contribution in [0.2, 0.25) is 0 Å². The first-order chi connectivity index (χ1) is 14.5. The minimum Gasteiger partial charge on any atom is -0.393 e. The van der Waals surface area contributed by atoms with E-state index in [0.29, 0.717) is 30.1 Å². The number of halogens is 1. The first-order valence-corrected chi connectivity index (χ1v) is 13.6. The Morgan fingerprint density at radius 1 is 0.903 bits per heavy atom. The molecule has 0 unspecified atom stereocenters. The van der Waals surface area contributed by atoms with Crippen molar-refractivity contribution in [1.29, 1.82) is 0 Å². The standard InChI is InChI=1S/C28H49FO2/c1-6-28(31)16-15-26(4)19(17-28)7-8-20-21-9-10-23(27(21,5)14-13-22(20)26)24(29)11-12-25(30)18(2)3/h18-25,30-31H,6-17H2,1-5H3/t19-,20-,21-,22-,23+,24+,25+,26-,27-,28-/m0/s1. The van der Waals surface area contributed by atoms with E-state index in [1.165, 1.54) is 38.5 Å². The van der Waals surface area contributed by atoms with Gasteiger partial charge in [-0.3, -0.25) is 0 Å². The van der Waals surface area contributed by atoms with Crippen LogP contribution < -0.4 is 0 Å². The maximum absolute atomic E-state index is 15.5. The quantitative estimate of drug-likeness (QED) is 0.474. The van der Waals surface area contributed by atoms with Crippen molar-refractivity contribution in [2.75, 3.05) is 0 Å². The third-order valence-electron chi connectivity index (χ3n) is 11.5. The zero-order valence-electron chi connectivity index (χ0n) is 20.9. The molecule has 180 valence electrons. The summed E-state index contributed by atoms with van der Waals surface area (Å²) in [5.41, 5.74) is 0.0895. The van der Waals surface area contributed by atoms with E-state index in [9.17, 15) is 10.2 Å². The van der Waals surface area contributed by atoms with Gasteiger partial charge >= 0.3 is 0 Å². The molecule has 2 N–H and O–H groups in total. The smallest absolute Gasteiger partial charge is 0.104 e. The second kappa shape index (κ2) is 8.57. The van der Waals surface area contributed by atoms with Gasteiger partial charge in [-0.25, -0.2) is 4.39 Å². The zero-order valence-corrected chi connectivity index (χ0v) is 20.9. The predicted molar refractivity (Wildman–Crippen MR) is 125 cm³/mol. The molecule has 0 aromatic heterocycles. The highest BCUT2D eigenvalue weighted by molar-refractivity contribution is 5.11. The lowest BCUT2D eigenvalue weighted by atomic mass is 9.43. The summed E-state index contributed by atoms with van der Waals surface area (Å²) in [6.45, 7) is 11.2. The Hall–Kier alpha value is -0.150. The fraction of sp³-hybridized carbons (Fsp3) is 1.00. The molecule has 4 aliphatic rings. The predicted octanol–water partition coefficient (Wildman–Crippen LogP) is 6.92. The van der Waals surface area contributed by atoms with Crippen LogP contribution in [0.4, 0.5) is 4.39 Å². The van der Waals surface area contributed by atoms with Crippen LogP contribution in [-0.2, 0) is 0 Å². The van der Waals surface area contributed by atoms with E-state index < -0.39 is 11.8 Å². The van der Waals surface area contributed by atoms with Crippen molar-refractivity contribution >= 4 is 0 Å². The minimum absolute atomic E-state index is 0.144. The highest BCUT2D eigenvalue weighted by Crippen LogP contribution is 2.68. The Labute approximate surface area is 190 Å². The minimum atomic E-state index is -0.763. The number of aliphatic hydroxyl groups excluding tert-OH is 1. The van der Waals surface area contributed by atoms with E-state index >= 15 is 4.39 Å². The molecule has 0 radical (unpaired) electrons. The van der Waals surface area contributed by atoms with Gasteiger partial charge in [-0.1, -0.05) is 34.6 Å². The van der Waals surface area contributed by atoms with Gasteiger partial charge in [0.15, 0.2) is 0 Å². The van der Waals surface area contributed by atoms with Crippen molar-refractivity contribution in [3.05, 3.63) is 0 Å². The summed E-state index contributed by atoms with van der Waals surface area (Å²) in [4.78, 5) is 0. The van der Waals surface area contributed by atoms with Crippen LogP contribution in [-0.4, -0.2) is 28.1 Å². The summed E-state index contributed by atoms with van der Waals surface area (Å²) < 4.78 is 15.5. The maximum Gasteiger partial charge on any atom is 0.104 e. The number of hydrogen-bond donors (Lipinski definition) is 2. The van der Waals surface area contributed by atoms with Crippen LogP contribution in [0, 0.1) is 46.3 Å². The number of hydrogen-bond acceptors (Lipinski definition) is 2. The molecule has 0 saturated heterocycles. The Morgan fingerprint density at radius 2 is 1.61 bits per heavy atom. The number of fused-ring (bicyclic) bond motifs is 5. The maximum atomic E-state index is 15.5. The summed E-state index contributed by atoms with van der Waals surface area (Å²) in [5, 5.41) is 21.2. The number of alkyl halides is 1. The molecule has 4 rings (SSSR count). The molecule has 0 amide bonds. The summed E-state index contributed by atoms with van der Waals surface area (Å²) in [6, 6.07) is 0. The summed E-state index contributed by atoms with van der Waals surface area (Å²) in [5.74, 6) is 3.26. The van der Waals surface area contributed by atoms with Crippen molar-refractivity contribution in [1.82, 2.24) is 0 Å². The normalized spacial score (nSPS) is 49.3. The summed E-state index contributed by atoms with van der Waals surface area (Å²) >= 11 is 0. The Bertz CT molecular complexity index is 637. The van der Waals surface area contributed by atoms with E-state index in [4.69, 9.17) is 0 Å². The largest absolute Gasteiger partial charge is 0.393 e. The fourth-order valence-electron chi connectivity index (χ4n) is 9.14. The third-order valence-corrected chi connectivity index (χ3v) is 11.5. The summed E-state index contributed by atoms with van der Waals surface area (Å²) in [7, 11) is 0. The molecule has 2 nitrogen and oxygen atoms in total. The van der Waals surface area contributed by atoms with Gasteiger partial charge in [0.25, 0.3) is 0 Å². The van der Waals surface area contributed by atoms with Crippen LogP contribution in [0.1, 0.15) is 112 Å². The van der Waals surface area contributed by atoms with Gasteiger partial charge in [0, 0.05) is 0 Å². The monoisotopic (exact) mass is 436 g/mol. The van der Waals surface area contributed by atoms with Crippen molar-refractivity contribution in [2.45, 2.75) is 130 Å². The molecule has 4 fully saturated rings. The van der Waals surface area contributed by atoms with Crippen LogP contribution in [0.15, 0.2) is 0 Å². The lowest BCUT2D eigenvalue weighted by molar-refractivity contribution is -0.153. The van der Waals surface area contributed by atoms with Crippen LogP contribution in [0.3, 0.4) is 0 Å². The molecule has 0 spiro atoms. The molecular formula is C28H49FO2.